The average molecular weight is 386 g/mol. The van der Waals surface area contributed by atoms with Crippen LogP contribution in [0.2, 0.25) is 0 Å². The lowest BCUT2D eigenvalue weighted by Gasteiger charge is -2.40. The number of likely N-dealkylation sites (tertiary alicyclic amines) is 1. The van der Waals surface area contributed by atoms with Gasteiger partial charge in [0.1, 0.15) is 0 Å². The van der Waals surface area contributed by atoms with E-state index in [1.807, 2.05) is 13.1 Å². The highest BCUT2D eigenvalue weighted by Crippen LogP contribution is 2.48. The van der Waals surface area contributed by atoms with Crippen molar-refractivity contribution in [3.63, 3.8) is 0 Å². The van der Waals surface area contributed by atoms with E-state index in [1.165, 1.54) is 31.2 Å². The number of aliphatic imine (C=N–C) groups is 1. The molecule has 4 aliphatic rings. The van der Waals surface area contributed by atoms with Crippen LogP contribution in [-0.2, 0) is 10.2 Å². The van der Waals surface area contributed by atoms with Crippen LogP contribution in [0.25, 0.3) is 0 Å². The Labute approximate surface area is 167 Å². The van der Waals surface area contributed by atoms with E-state index in [4.69, 9.17) is 14.2 Å². The number of rotatable bonds is 3. The number of hydrogen-bond acceptors (Lipinski definition) is 4. The van der Waals surface area contributed by atoms with Crippen LogP contribution in [0.4, 0.5) is 0 Å². The van der Waals surface area contributed by atoms with Gasteiger partial charge in [-0.2, -0.15) is 0 Å². The van der Waals surface area contributed by atoms with E-state index < -0.39 is 0 Å². The van der Waals surface area contributed by atoms with Crippen LogP contribution in [0.15, 0.2) is 23.2 Å². The fraction of sp³-hybridized carbons (Fsp3) is 0.682. The Bertz CT molecular complexity index is 753. The number of guanidine groups is 1. The lowest BCUT2D eigenvalue weighted by molar-refractivity contribution is 0.0511. The molecule has 6 nitrogen and oxygen atoms in total. The molecule has 3 fully saturated rings. The summed E-state index contributed by atoms with van der Waals surface area (Å²) in [5.74, 6) is 2.76. The van der Waals surface area contributed by atoms with E-state index in [0.29, 0.717) is 12.2 Å². The van der Waals surface area contributed by atoms with Gasteiger partial charge in [0.25, 0.3) is 0 Å². The van der Waals surface area contributed by atoms with E-state index in [0.717, 1.165) is 63.1 Å². The van der Waals surface area contributed by atoms with Crippen molar-refractivity contribution in [3.05, 3.63) is 23.8 Å². The highest BCUT2D eigenvalue weighted by atomic mass is 16.7. The number of nitrogens with zero attached hydrogens (tertiary/aromatic N) is 2. The maximum absolute atomic E-state index is 5.70. The smallest absolute Gasteiger partial charge is 0.231 e. The Morgan fingerprint density at radius 3 is 2.64 bits per heavy atom. The SMILES string of the molecule is CN=C(NCC1(c2ccc3c(c2)OCO3)CCOCC1)N1CCC2(CCC2)C1. The minimum Gasteiger partial charge on any atom is -0.454 e. The second kappa shape index (κ2) is 7.14. The molecule has 0 amide bonds. The van der Waals surface area contributed by atoms with Crippen molar-refractivity contribution < 1.29 is 14.2 Å². The third kappa shape index (κ3) is 3.11. The maximum atomic E-state index is 5.70. The lowest BCUT2D eigenvalue weighted by Crippen LogP contribution is -2.49. The summed E-state index contributed by atoms with van der Waals surface area (Å²) in [4.78, 5) is 7.08. The largest absolute Gasteiger partial charge is 0.454 e. The predicted octanol–water partition coefficient (Wildman–Crippen LogP) is 2.91. The van der Waals surface area contributed by atoms with Crippen molar-refractivity contribution in [1.82, 2.24) is 10.2 Å². The van der Waals surface area contributed by atoms with Crippen LogP contribution in [0.3, 0.4) is 0 Å². The summed E-state index contributed by atoms with van der Waals surface area (Å²) >= 11 is 0. The number of benzene rings is 1. The minimum absolute atomic E-state index is 0.0308. The molecule has 0 aromatic heterocycles. The summed E-state index contributed by atoms with van der Waals surface area (Å²) in [6.45, 7) is 5.05. The molecule has 2 saturated heterocycles. The van der Waals surface area contributed by atoms with Crippen molar-refractivity contribution in [3.8, 4) is 11.5 Å². The first-order valence-corrected chi connectivity index (χ1v) is 10.7. The van der Waals surface area contributed by atoms with Crippen LogP contribution in [0, 0.1) is 5.41 Å². The first-order chi connectivity index (χ1) is 13.7. The molecule has 6 heteroatoms. The summed E-state index contributed by atoms with van der Waals surface area (Å²) < 4.78 is 16.8. The van der Waals surface area contributed by atoms with E-state index in [2.05, 4.69) is 27.3 Å². The van der Waals surface area contributed by atoms with Gasteiger partial charge in [-0.1, -0.05) is 12.5 Å². The second-order valence-electron chi connectivity index (χ2n) is 8.89. The molecule has 5 rings (SSSR count). The molecule has 1 aromatic carbocycles. The number of nitrogens with one attached hydrogen (secondary N) is 1. The molecule has 3 aliphatic heterocycles. The minimum atomic E-state index is 0.0308. The fourth-order valence-electron chi connectivity index (χ4n) is 5.34. The van der Waals surface area contributed by atoms with Crippen molar-refractivity contribution in [2.45, 2.75) is 43.9 Å². The Balaban J connectivity index is 1.33. The standard InChI is InChI=1S/C22H31N3O3/c1-23-20(25-10-7-21(15-25)5-2-6-21)24-14-22(8-11-26-12-9-22)17-3-4-18-19(13-17)28-16-27-18/h3-4,13H,2,5-12,14-16H2,1H3,(H,23,24). The summed E-state index contributed by atoms with van der Waals surface area (Å²) in [7, 11) is 1.91. The zero-order valence-corrected chi connectivity index (χ0v) is 16.8. The van der Waals surface area contributed by atoms with Gasteiger partial charge in [0, 0.05) is 45.3 Å². The van der Waals surface area contributed by atoms with Gasteiger partial charge in [-0.3, -0.25) is 4.99 Å². The van der Waals surface area contributed by atoms with Gasteiger partial charge in [-0.15, -0.1) is 0 Å². The van der Waals surface area contributed by atoms with Gasteiger partial charge in [-0.25, -0.2) is 0 Å². The molecule has 0 radical (unpaired) electrons. The van der Waals surface area contributed by atoms with Gasteiger partial charge in [0.2, 0.25) is 6.79 Å². The lowest BCUT2D eigenvalue weighted by atomic mass is 9.68. The van der Waals surface area contributed by atoms with Crippen LogP contribution in [0.1, 0.15) is 44.1 Å². The van der Waals surface area contributed by atoms with Gasteiger partial charge >= 0.3 is 0 Å². The molecule has 1 N–H and O–H groups in total. The summed E-state index contributed by atoms with van der Waals surface area (Å²) in [5, 5.41) is 3.72. The molecule has 28 heavy (non-hydrogen) atoms. The molecular formula is C22H31N3O3. The molecule has 0 unspecified atom stereocenters. The Morgan fingerprint density at radius 2 is 1.93 bits per heavy atom. The van der Waals surface area contributed by atoms with Gasteiger partial charge in [0.15, 0.2) is 17.5 Å². The summed E-state index contributed by atoms with van der Waals surface area (Å²) in [6.07, 6.45) is 7.49. The topological polar surface area (TPSA) is 55.3 Å². The first kappa shape index (κ1) is 18.1. The Kier molecular flexibility index (Phi) is 4.62. The Hall–Kier alpha value is -1.95. The van der Waals surface area contributed by atoms with E-state index in [-0.39, 0.29) is 5.41 Å². The Morgan fingerprint density at radius 1 is 1.11 bits per heavy atom. The van der Waals surface area contributed by atoms with Gasteiger partial charge in [0.05, 0.1) is 0 Å². The van der Waals surface area contributed by atoms with Crippen LogP contribution in [0.5, 0.6) is 11.5 Å². The number of ether oxygens (including phenoxy) is 3. The highest BCUT2D eigenvalue weighted by molar-refractivity contribution is 5.80. The fourth-order valence-corrected chi connectivity index (χ4v) is 5.34. The third-order valence-corrected chi connectivity index (χ3v) is 7.38. The quantitative estimate of drug-likeness (QED) is 0.640. The van der Waals surface area contributed by atoms with E-state index in [9.17, 15) is 0 Å². The molecule has 0 atom stereocenters. The molecule has 3 heterocycles. The third-order valence-electron chi connectivity index (χ3n) is 7.38. The van der Waals surface area contributed by atoms with E-state index in [1.54, 1.807) is 0 Å². The maximum Gasteiger partial charge on any atom is 0.231 e. The predicted molar refractivity (Wildman–Crippen MR) is 108 cm³/mol. The second-order valence-corrected chi connectivity index (χ2v) is 8.89. The molecule has 0 bridgehead atoms. The van der Waals surface area contributed by atoms with Crippen molar-refractivity contribution >= 4 is 5.96 Å². The molecule has 1 saturated carbocycles. The highest BCUT2D eigenvalue weighted by Gasteiger charge is 2.44. The van der Waals surface area contributed by atoms with Gasteiger partial charge in [-0.05, 0) is 55.2 Å². The number of fused-ring (bicyclic) bond motifs is 1. The first-order valence-electron chi connectivity index (χ1n) is 10.7. The molecular weight excluding hydrogens is 354 g/mol. The van der Waals surface area contributed by atoms with Crippen molar-refractivity contribution in [2.24, 2.45) is 10.4 Å². The number of hydrogen-bond donors (Lipinski definition) is 1. The van der Waals surface area contributed by atoms with E-state index >= 15 is 0 Å². The average Bonchev–Trinajstić information content (AvgIpc) is 3.36. The molecule has 1 aromatic rings. The molecule has 1 spiro atoms. The van der Waals surface area contributed by atoms with Crippen LogP contribution < -0.4 is 14.8 Å². The van der Waals surface area contributed by atoms with Crippen molar-refractivity contribution in [2.75, 3.05) is 46.7 Å². The monoisotopic (exact) mass is 385 g/mol. The zero-order valence-electron chi connectivity index (χ0n) is 16.8. The van der Waals surface area contributed by atoms with Crippen LogP contribution in [-0.4, -0.2) is 57.5 Å². The zero-order chi connectivity index (χ0) is 19.0. The normalized spacial score (nSPS) is 25.0. The molecule has 152 valence electrons. The van der Waals surface area contributed by atoms with Crippen molar-refractivity contribution in [1.29, 1.82) is 0 Å². The molecule has 1 aliphatic carbocycles. The van der Waals surface area contributed by atoms with Crippen LogP contribution >= 0.6 is 0 Å². The van der Waals surface area contributed by atoms with Gasteiger partial charge < -0.3 is 24.4 Å². The summed E-state index contributed by atoms with van der Waals surface area (Å²) in [5.41, 5.74) is 1.91. The summed E-state index contributed by atoms with van der Waals surface area (Å²) in [6, 6.07) is 6.41.